The van der Waals surface area contributed by atoms with Gasteiger partial charge in [-0.05, 0) is 18.1 Å². The van der Waals surface area contributed by atoms with Crippen molar-refractivity contribution < 1.29 is 9.22 Å². The van der Waals surface area contributed by atoms with Crippen LogP contribution < -0.4 is 5.73 Å². The van der Waals surface area contributed by atoms with Crippen LogP contribution in [0.2, 0.25) is 18.1 Å². The molecule has 2 N–H and O–H groups in total. The maximum Gasteiger partial charge on any atom is 0.219 e. The first-order chi connectivity index (χ1) is 5.67. The van der Waals surface area contributed by atoms with Crippen molar-refractivity contribution in [1.82, 2.24) is 0 Å². The molecule has 13 heavy (non-hydrogen) atoms. The van der Waals surface area contributed by atoms with Crippen LogP contribution in [0.15, 0.2) is 0 Å². The van der Waals surface area contributed by atoms with E-state index < -0.39 is 8.32 Å². The van der Waals surface area contributed by atoms with Gasteiger partial charge in [0.2, 0.25) is 5.91 Å². The number of carbonyl (C=O) groups excluding carboxylic acids is 1. The average molecular weight is 203 g/mol. The molecule has 0 radical (unpaired) electrons. The van der Waals surface area contributed by atoms with Crippen molar-refractivity contribution in [2.45, 2.75) is 45.3 Å². The van der Waals surface area contributed by atoms with Gasteiger partial charge in [0, 0.05) is 13.0 Å². The van der Waals surface area contributed by atoms with Crippen molar-refractivity contribution in [3.63, 3.8) is 0 Å². The molecular weight excluding hydrogens is 182 g/mol. The second-order valence-corrected chi connectivity index (χ2v) is 9.63. The summed E-state index contributed by atoms with van der Waals surface area (Å²) in [5, 5.41) is 0.199. The average Bonchev–Trinajstić information content (AvgIpc) is 1.82. The molecule has 0 aromatic heterocycles. The molecule has 0 fully saturated rings. The third-order valence-corrected chi connectivity index (χ3v) is 7.16. The molecule has 0 unspecified atom stereocenters. The van der Waals surface area contributed by atoms with Crippen LogP contribution in [-0.4, -0.2) is 20.8 Å². The van der Waals surface area contributed by atoms with Gasteiger partial charge in [0.05, 0.1) is 0 Å². The van der Waals surface area contributed by atoms with E-state index in [4.69, 9.17) is 10.2 Å². The Balaban J connectivity index is 3.97. The minimum atomic E-state index is -1.68. The van der Waals surface area contributed by atoms with Crippen molar-refractivity contribution in [2.24, 2.45) is 5.73 Å². The van der Waals surface area contributed by atoms with Crippen LogP contribution in [0.4, 0.5) is 0 Å². The van der Waals surface area contributed by atoms with Gasteiger partial charge in [-0.3, -0.25) is 4.79 Å². The summed E-state index contributed by atoms with van der Waals surface area (Å²) in [5.41, 5.74) is 5.03. The SMILES string of the molecule is CC(C)(C)[Si](C)(C)OCCC(N)=O. The van der Waals surface area contributed by atoms with Crippen molar-refractivity contribution in [2.75, 3.05) is 6.61 Å². The Bertz CT molecular complexity index is 185. The molecule has 0 aromatic rings. The van der Waals surface area contributed by atoms with Gasteiger partial charge in [0.25, 0.3) is 0 Å². The zero-order valence-corrected chi connectivity index (χ0v) is 10.3. The Kier molecular flexibility index (Phi) is 4.12. The molecule has 0 rings (SSSR count). The van der Waals surface area contributed by atoms with Crippen LogP contribution in [0.1, 0.15) is 27.2 Å². The molecule has 0 saturated heterocycles. The molecule has 78 valence electrons. The summed E-state index contributed by atoms with van der Waals surface area (Å²) in [6.07, 6.45) is 0.326. The molecule has 1 amide bonds. The van der Waals surface area contributed by atoms with Crippen LogP contribution in [-0.2, 0) is 9.22 Å². The summed E-state index contributed by atoms with van der Waals surface area (Å²) >= 11 is 0. The van der Waals surface area contributed by atoms with Crippen molar-refractivity contribution in [3.8, 4) is 0 Å². The maximum atomic E-state index is 10.5. The van der Waals surface area contributed by atoms with Gasteiger partial charge >= 0.3 is 0 Å². The van der Waals surface area contributed by atoms with Crippen LogP contribution >= 0.6 is 0 Å². The number of primary amides is 1. The summed E-state index contributed by atoms with van der Waals surface area (Å²) < 4.78 is 5.74. The van der Waals surface area contributed by atoms with E-state index in [1.807, 2.05) is 0 Å². The minimum Gasteiger partial charge on any atom is -0.416 e. The maximum absolute atomic E-state index is 10.5. The standard InChI is InChI=1S/C9H21NO2Si/c1-9(2,3)13(4,5)12-7-6-8(10)11/h6-7H2,1-5H3,(H2,10,11). The summed E-state index contributed by atoms with van der Waals surface area (Å²) in [4.78, 5) is 10.5. The predicted octanol–water partition coefficient (Wildman–Crippen LogP) is 1.88. The zero-order chi connectivity index (χ0) is 10.7. The molecule has 0 heterocycles. The minimum absolute atomic E-state index is 0.199. The Morgan fingerprint density at radius 1 is 1.38 bits per heavy atom. The third-order valence-electron chi connectivity index (χ3n) is 2.62. The first-order valence-electron chi connectivity index (χ1n) is 4.59. The van der Waals surface area contributed by atoms with E-state index in [0.717, 1.165) is 0 Å². The smallest absolute Gasteiger partial charge is 0.219 e. The summed E-state index contributed by atoms with van der Waals surface area (Å²) in [6.45, 7) is 11.3. The molecule has 0 aliphatic heterocycles. The molecule has 0 atom stereocenters. The van der Waals surface area contributed by atoms with Crippen LogP contribution in [0.5, 0.6) is 0 Å². The number of amides is 1. The molecule has 0 aromatic carbocycles. The van der Waals surface area contributed by atoms with Gasteiger partial charge in [0.1, 0.15) is 0 Å². The van der Waals surface area contributed by atoms with E-state index in [2.05, 4.69) is 33.9 Å². The highest BCUT2D eigenvalue weighted by Crippen LogP contribution is 2.36. The lowest BCUT2D eigenvalue weighted by atomic mass is 10.2. The van der Waals surface area contributed by atoms with Gasteiger partial charge in [0.15, 0.2) is 8.32 Å². The second kappa shape index (κ2) is 4.24. The highest BCUT2D eigenvalue weighted by atomic mass is 28.4. The Labute approximate surface area is 81.8 Å². The van der Waals surface area contributed by atoms with Crippen molar-refractivity contribution in [1.29, 1.82) is 0 Å². The fourth-order valence-electron chi connectivity index (χ4n) is 0.623. The highest BCUT2D eigenvalue weighted by molar-refractivity contribution is 6.74. The fourth-order valence-corrected chi connectivity index (χ4v) is 1.67. The van der Waals surface area contributed by atoms with E-state index in [-0.39, 0.29) is 10.9 Å². The van der Waals surface area contributed by atoms with Gasteiger partial charge in [-0.1, -0.05) is 20.8 Å². The lowest BCUT2D eigenvalue weighted by Crippen LogP contribution is -2.41. The zero-order valence-electron chi connectivity index (χ0n) is 9.31. The highest BCUT2D eigenvalue weighted by Gasteiger charge is 2.36. The summed E-state index contributed by atoms with van der Waals surface area (Å²) in [6, 6.07) is 0. The van der Waals surface area contributed by atoms with Crippen LogP contribution in [0, 0.1) is 0 Å². The topological polar surface area (TPSA) is 52.3 Å². The number of nitrogens with two attached hydrogens (primary N) is 1. The monoisotopic (exact) mass is 203 g/mol. The molecular formula is C9H21NO2Si. The first kappa shape index (κ1) is 12.6. The van der Waals surface area contributed by atoms with Crippen molar-refractivity contribution >= 4 is 14.2 Å². The van der Waals surface area contributed by atoms with Gasteiger partial charge in [-0.15, -0.1) is 0 Å². The van der Waals surface area contributed by atoms with E-state index in [0.29, 0.717) is 13.0 Å². The number of carbonyl (C=O) groups is 1. The Morgan fingerprint density at radius 3 is 2.15 bits per heavy atom. The molecule has 0 aliphatic carbocycles. The molecule has 3 nitrogen and oxygen atoms in total. The van der Waals surface area contributed by atoms with Crippen LogP contribution in [0.25, 0.3) is 0 Å². The van der Waals surface area contributed by atoms with Crippen molar-refractivity contribution in [3.05, 3.63) is 0 Å². The summed E-state index contributed by atoms with van der Waals surface area (Å²) in [7, 11) is -1.68. The van der Waals surface area contributed by atoms with Gasteiger partial charge in [-0.25, -0.2) is 0 Å². The number of hydrogen-bond donors (Lipinski definition) is 1. The largest absolute Gasteiger partial charge is 0.416 e. The van der Waals surface area contributed by atoms with E-state index in [1.54, 1.807) is 0 Å². The number of rotatable bonds is 4. The molecule has 0 spiro atoms. The van der Waals surface area contributed by atoms with Crippen LogP contribution in [0.3, 0.4) is 0 Å². The van der Waals surface area contributed by atoms with E-state index in [1.165, 1.54) is 0 Å². The van der Waals surface area contributed by atoms with Gasteiger partial charge in [-0.2, -0.15) is 0 Å². The first-order valence-corrected chi connectivity index (χ1v) is 7.50. The Hall–Kier alpha value is -0.353. The molecule has 0 aliphatic rings. The molecule has 4 heteroatoms. The van der Waals surface area contributed by atoms with E-state index >= 15 is 0 Å². The lowest BCUT2D eigenvalue weighted by Gasteiger charge is -2.36. The lowest BCUT2D eigenvalue weighted by molar-refractivity contribution is -0.118. The summed E-state index contributed by atoms with van der Waals surface area (Å²) in [5.74, 6) is -0.293. The van der Waals surface area contributed by atoms with Gasteiger partial charge < -0.3 is 10.2 Å². The third kappa shape index (κ3) is 4.43. The second-order valence-electron chi connectivity index (χ2n) is 4.83. The quantitative estimate of drug-likeness (QED) is 0.709. The van der Waals surface area contributed by atoms with E-state index in [9.17, 15) is 4.79 Å². The molecule has 0 bridgehead atoms. The molecule has 0 saturated carbocycles. The predicted molar refractivity (Wildman–Crippen MR) is 57.0 cm³/mol. The Morgan fingerprint density at radius 2 is 1.85 bits per heavy atom. The fraction of sp³-hybridized carbons (Fsp3) is 0.889. The number of hydrogen-bond acceptors (Lipinski definition) is 2. The normalized spacial score (nSPS) is 13.0.